The van der Waals surface area contributed by atoms with E-state index in [-0.39, 0.29) is 18.1 Å². The highest BCUT2D eigenvalue weighted by molar-refractivity contribution is 8.05. The number of fused-ring (bicyclic) bond motifs is 1. The average molecular weight is 448 g/mol. The van der Waals surface area contributed by atoms with E-state index in [4.69, 9.17) is 0 Å². The Labute approximate surface area is 166 Å². The standard InChI is InChI=1S/C13H13N5O3S5/c1-6-14-16-12(23-6)22-4-8-5-26(20,21)10-3-9(19)18(10)11(8)25-13-17-15-7(2)24-13/h10H,3-5H2,1-2H3. The zero-order chi connectivity index (χ0) is 18.5. The van der Waals surface area contributed by atoms with E-state index in [9.17, 15) is 13.2 Å². The first kappa shape index (κ1) is 18.3. The van der Waals surface area contributed by atoms with Gasteiger partial charge in [0.25, 0.3) is 0 Å². The van der Waals surface area contributed by atoms with Crippen LogP contribution in [0.2, 0.25) is 0 Å². The Bertz CT molecular complexity index is 1010. The SMILES string of the molecule is Cc1nnc(SCC2=C(Sc3nnc(C)s3)N3C(=O)CC3S(=O)(=O)C2)s1. The molecule has 13 heteroatoms. The van der Waals surface area contributed by atoms with E-state index in [1.165, 1.54) is 51.1 Å². The number of hydrogen-bond donors (Lipinski definition) is 0. The predicted molar refractivity (Wildman–Crippen MR) is 102 cm³/mol. The lowest BCUT2D eigenvalue weighted by Gasteiger charge is -2.44. The zero-order valence-electron chi connectivity index (χ0n) is 13.7. The summed E-state index contributed by atoms with van der Waals surface area (Å²) in [6, 6.07) is 0. The second kappa shape index (κ2) is 6.86. The van der Waals surface area contributed by atoms with Gasteiger partial charge in [0.15, 0.2) is 18.5 Å². The third-order valence-corrected chi connectivity index (χ3v) is 9.87. The number of rotatable bonds is 5. The summed E-state index contributed by atoms with van der Waals surface area (Å²) in [6.07, 6.45) is 0.0531. The Balaban J connectivity index is 1.67. The van der Waals surface area contributed by atoms with Crippen LogP contribution in [-0.2, 0) is 14.6 Å². The van der Waals surface area contributed by atoms with Crippen molar-refractivity contribution in [2.45, 2.75) is 34.3 Å². The normalized spacial score (nSPS) is 21.7. The van der Waals surface area contributed by atoms with Gasteiger partial charge >= 0.3 is 0 Å². The molecule has 0 spiro atoms. The Morgan fingerprint density at radius 1 is 1.12 bits per heavy atom. The number of sulfone groups is 1. The van der Waals surface area contributed by atoms with E-state index >= 15 is 0 Å². The quantitative estimate of drug-likeness (QED) is 0.503. The first-order chi connectivity index (χ1) is 12.3. The van der Waals surface area contributed by atoms with Gasteiger partial charge in [-0.1, -0.05) is 34.4 Å². The van der Waals surface area contributed by atoms with Crippen molar-refractivity contribution in [2.75, 3.05) is 11.5 Å². The summed E-state index contributed by atoms with van der Waals surface area (Å²) in [6.45, 7) is 3.72. The summed E-state index contributed by atoms with van der Waals surface area (Å²) in [4.78, 5) is 13.5. The van der Waals surface area contributed by atoms with E-state index in [1.54, 1.807) is 0 Å². The highest BCUT2D eigenvalue weighted by Gasteiger charge is 2.51. The minimum Gasteiger partial charge on any atom is -0.288 e. The van der Waals surface area contributed by atoms with E-state index in [0.29, 0.717) is 20.7 Å². The van der Waals surface area contributed by atoms with Crippen LogP contribution >= 0.6 is 46.2 Å². The van der Waals surface area contributed by atoms with Gasteiger partial charge in [-0.3, -0.25) is 9.69 Å². The van der Waals surface area contributed by atoms with Crippen molar-refractivity contribution in [2.24, 2.45) is 0 Å². The summed E-state index contributed by atoms with van der Waals surface area (Å²) in [5, 5.41) is 17.7. The molecule has 1 atom stereocenters. The molecule has 1 saturated heterocycles. The number of β-lactam (4-membered cyclic amide) rings is 1. The van der Waals surface area contributed by atoms with Crippen molar-refractivity contribution in [3.63, 3.8) is 0 Å². The summed E-state index contributed by atoms with van der Waals surface area (Å²) in [5.74, 6) is 0.216. The maximum absolute atomic E-state index is 12.5. The number of aryl methyl sites for hydroxylation is 2. The molecule has 0 saturated carbocycles. The van der Waals surface area contributed by atoms with E-state index < -0.39 is 15.2 Å². The van der Waals surface area contributed by atoms with Crippen molar-refractivity contribution in [1.82, 2.24) is 25.3 Å². The smallest absolute Gasteiger partial charge is 0.231 e. The molecule has 0 radical (unpaired) electrons. The first-order valence-corrected chi connectivity index (χ1v) is 12.6. The molecular formula is C13H13N5O3S5. The van der Waals surface area contributed by atoms with Gasteiger partial charge in [0.05, 0.1) is 17.2 Å². The van der Waals surface area contributed by atoms with Crippen LogP contribution in [0, 0.1) is 13.8 Å². The molecule has 138 valence electrons. The average Bonchev–Trinajstić information content (AvgIpc) is 3.15. The number of aromatic nitrogens is 4. The van der Waals surface area contributed by atoms with E-state index in [2.05, 4.69) is 20.4 Å². The molecule has 0 N–H and O–H groups in total. The molecular weight excluding hydrogens is 435 g/mol. The van der Waals surface area contributed by atoms with Gasteiger partial charge in [0.1, 0.15) is 15.4 Å². The van der Waals surface area contributed by atoms with Crippen LogP contribution < -0.4 is 0 Å². The predicted octanol–water partition coefficient (Wildman–Crippen LogP) is 2.09. The molecule has 2 aliphatic rings. The van der Waals surface area contributed by atoms with E-state index in [1.807, 2.05) is 13.8 Å². The fourth-order valence-electron chi connectivity index (χ4n) is 2.60. The number of amides is 1. The number of thioether (sulfide) groups is 2. The summed E-state index contributed by atoms with van der Waals surface area (Å²) >= 11 is 5.64. The van der Waals surface area contributed by atoms with Crippen molar-refractivity contribution in [3.8, 4) is 0 Å². The molecule has 2 aromatic heterocycles. The topological polar surface area (TPSA) is 106 Å². The van der Waals surface area contributed by atoms with Gasteiger partial charge in [0.2, 0.25) is 5.91 Å². The number of nitrogens with zero attached hydrogens (tertiary/aromatic N) is 5. The van der Waals surface area contributed by atoms with Gasteiger partial charge < -0.3 is 0 Å². The van der Waals surface area contributed by atoms with Crippen LogP contribution in [0.25, 0.3) is 0 Å². The molecule has 4 rings (SSSR count). The minimum atomic E-state index is -3.37. The summed E-state index contributed by atoms with van der Waals surface area (Å²) in [5.41, 5.74) is 0.699. The second-order valence-corrected chi connectivity index (χ2v) is 12.7. The summed E-state index contributed by atoms with van der Waals surface area (Å²) < 4.78 is 26.5. The molecule has 0 aromatic carbocycles. The van der Waals surface area contributed by atoms with Crippen LogP contribution in [-0.4, -0.2) is 56.5 Å². The van der Waals surface area contributed by atoms with Gasteiger partial charge in [-0.15, -0.1) is 20.4 Å². The maximum Gasteiger partial charge on any atom is 0.231 e. The zero-order valence-corrected chi connectivity index (χ0v) is 17.8. The van der Waals surface area contributed by atoms with Gasteiger partial charge in [-0.25, -0.2) is 8.42 Å². The molecule has 2 aromatic rings. The Morgan fingerprint density at radius 3 is 2.35 bits per heavy atom. The lowest BCUT2D eigenvalue weighted by atomic mass is 10.2. The highest BCUT2D eigenvalue weighted by Crippen LogP contribution is 2.45. The van der Waals surface area contributed by atoms with Crippen LogP contribution in [0.4, 0.5) is 0 Å². The molecule has 4 heterocycles. The largest absolute Gasteiger partial charge is 0.288 e. The molecule has 1 fully saturated rings. The molecule has 26 heavy (non-hydrogen) atoms. The van der Waals surface area contributed by atoms with E-state index in [0.717, 1.165) is 14.4 Å². The fourth-order valence-corrected chi connectivity index (χ4v) is 8.71. The van der Waals surface area contributed by atoms with Crippen molar-refractivity contribution < 1.29 is 13.2 Å². The van der Waals surface area contributed by atoms with Crippen LogP contribution in [0.15, 0.2) is 19.3 Å². The van der Waals surface area contributed by atoms with Gasteiger partial charge in [0, 0.05) is 5.75 Å². The Morgan fingerprint density at radius 2 is 1.77 bits per heavy atom. The molecule has 2 aliphatic heterocycles. The summed E-state index contributed by atoms with van der Waals surface area (Å²) in [7, 11) is -3.37. The van der Waals surface area contributed by atoms with Crippen LogP contribution in [0.1, 0.15) is 16.4 Å². The third kappa shape index (κ3) is 3.42. The molecule has 1 amide bonds. The highest BCUT2D eigenvalue weighted by atomic mass is 32.2. The lowest BCUT2D eigenvalue weighted by molar-refractivity contribution is -0.138. The maximum atomic E-state index is 12.5. The van der Waals surface area contributed by atoms with Gasteiger partial charge in [-0.05, 0) is 31.2 Å². The van der Waals surface area contributed by atoms with Crippen LogP contribution in [0.5, 0.6) is 0 Å². The van der Waals surface area contributed by atoms with Gasteiger partial charge in [-0.2, -0.15) is 0 Å². The Hall–Kier alpha value is -1.02. The molecule has 0 bridgehead atoms. The molecule has 1 unspecified atom stereocenters. The fraction of sp³-hybridized carbons (Fsp3) is 0.462. The second-order valence-electron chi connectivity index (χ2n) is 5.70. The minimum absolute atomic E-state index is 0.0493. The first-order valence-electron chi connectivity index (χ1n) is 7.50. The molecule has 8 nitrogen and oxygen atoms in total. The lowest BCUT2D eigenvalue weighted by Crippen LogP contribution is -2.58. The number of carbonyl (C=O) groups excluding carboxylic acids is 1. The van der Waals surface area contributed by atoms with Crippen molar-refractivity contribution in [3.05, 3.63) is 20.6 Å². The number of carbonyl (C=O) groups is 1. The molecule has 0 aliphatic carbocycles. The van der Waals surface area contributed by atoms with Crippen molar-refractivity contribution in [1.29, 1.82) is 0 Å². The van der Waals surface area contributed by atoms with Crippen molar-refractivity contribution >= 4 is 61.9 Å². The monoisotopic (exact) mass is 447 g/mol. The third-order valence-electron chi connectivity index (χ3n) is 3.79. The number of hydrogen-bond acceptors (Lipinski definition) is 11. The van der Waals surface area contributed by atoms with Crippen LogP contribution in [0.3, 0.4) is 0 Å². The Kier molecular flexibility index (Phi) is 4.84.